The number of hydrogen-bond acceptors (Lipinski definition) is 3. The van der Waals surface area contributed by atoms with Gasteiger partial charge in [0.25, 0.3) is 0 Å². The Bertz CT molecular complexity index is 355. The summed E-state index contributed by atoms with van der Waals surface area (Å²) in [5.74, 6) is 1.12. The minimum atomic E-state index is 0.296. The van der Waals surface area contributed by atoms with Crippen LogP contribution in [0.4, 0.5) is 0 Å². The Labute approximate surface area is 108 Å². The maximum atomic E-state index is 12.0. The van der Waals surface area contributed by atoms with Gasteiger partial charge in [-0.3, -0.25) is 9.48 Å². The molecule has 0 aromatic carbocycles. The molecule has 5 heteroatoms. The monoisotopic (exact) mass is 250 g/mol. The zero-order valence-electron chi connectivity index (χ0n) is 11.1. The van der Waals surface area contributed by atoms with E-state index in [1.807, 2.05) is 4.90 Å². The number of rotatable bonds is 5. The summed E-state index contributed by atoms with van der Waals surface area (Å²) in [5.41, 5.74) is 0. The van der Waals surface area contributed by atoms with Crippen LogP contribution in [0.3, 0.4) is 0 Å². The van der Waals surface area contributed by atoms with Crippen molar-refractivity contribution in [2.75, 3.05) is 13.1 Å². The highest BCUT2D eigenvalue weighted by Gasteiger charge is 2.21. The van der Waals surface area contributed by atoms with Gasteiger partial charge in [0.1, 0.15) is 12.7 Å². The van der Waals surface area contributed by atoms with Crippen molar-refractivity contribution in [2.45, 2.75) is 45.6 Å². The second-order valence-corrected chi connectivity index (χ2v) is 4.99. The van der Waals surface area contributed by atoms with E-state index in [1.54, 1.807) is 11.0 Å². The van der Waals surface area contributed by atoms with Gasteiger partial charge in [-0.15, -0.1) is 0 Å². The molecule has 1 aromatic rings. The van der Waals surface area contributed by atoms with Crippen LogP contribution in [0, 0.1) is 5.92 Å². The van der Waals surface area contributed by atoms with Gasteiger partial charge in [-0.1, -0.05) is 13.3 Å². The molecule has 1 saturated heterocycles. The molecule has 0 unspecified atom stereocenters. The van der Waals surface area contributed by atoms with Crippen LogP contribution in [0.25, 0.3) is 0 Å². The Balaban J connectivity index is 1.66. The highest BCUT2D eigenvalue weighted by atomic mass is 16.2. The van der Waals surface area contributed by atoms with E-state index >= 15 is 0 Å². The lowest BCUT2D eigenvalue weighted by Gasteiger charge is -2.31. The first-order valence-corrected chi connectivity index (χ1v) is 6.89. The van der Waals surface area contributed by atoms with Crippen LogP contribution >= 0.6 is 0 Å². The first-order valence-electron chi connectivity index (χ1n) is 6.89. The first kappa shape index (κ1) is 13.1. The summed E-state index contributed by atoms with van der Waals surface area (Å²) in [7, 11) is 0. The zero-order valence-corrected chi connectivity index (χ0v) is 11.1. The summed E-state index contributed by atoms with van der Waals surface area (Å²) in [6, 6.07) is 0. The lowest BCUT2D eigenvalue weighted by atomic mass is 9.94. The van der Waals surface area contributed by atoms with Gasteiger partial charge in [-0.05, 0) is 25.2 Å². The molecule has 2 rings (SSSR count). The molecule has 0 spiro atoms. The van der Waals surface area contributed by atoms with E-state index in [1.165, 1.54) is 25.6 Å². The van der Waals surface area contributed by atoms with Crippen LogP contribution in [0.2, 0.25) is 0 Å². The highest BCUT2D eigenvalue weighted by Crippen LogP contribution is 2.20. The molecule has 2 heterocycles. The molecule has 0 saturated carbocycles. The number of aromatic nitrogens is 3. The average molecular weight is 250 g/mol. The predicted molar refractivity (Wildman–Crippen MR) is 68.9 cm³/mol. The van der Waals surface area contributed by atoms with Gasteiger partial charge < -0.3 is 4.90 Å². The Morgan fingerprint density at radius 2 is 2.17 bits per heavy atom. The summed E-state index contributed by atoms with van der Waals surface area (Å²) in [5, 5.41) is 4.03. The van der Waals surface area contributed by atoms with E-state index in [-0.39, 0.29) is 0 Å². The topological polar surface area (TPSA) is 51.0 Å². The highest BCUT2D eigenvalue weighted by molar-refractivity contribution is 5.76. The van der Waals surface area contributed by atoms with Crippen molar-refractivity contribution < 1.29 is 4.79 Å². The lowest BCUT2D eigenvalue weighted by molar-refractivity contribution is -0.132. The summed E-state index contributed by atoms with van der Waals surface area (Å²) in [6.45, 7) is 4.90. The third-order valence-corrected chi connectivity index (χ3v) is 3.79. The number of carbonyl (C=O) groups excluding carboxylic acids is 1. The standard InChI is InChI=1S/C13H22N4O/c1-2-12-5-8-16(9-6-12)13(18)4-3-7-17-11-14-10-15-17/h10-12H,2-9H2,1H3. The van der Waals surface area contributed by atoms with Gasteiger partial charge in [-0.2, -0.15) is 5.10 Å². The van der Waals surface area contributed by atoms with Crippen molar-refractivity contribution in [1.82, 2.24) is 19.7 Å². The van der Waals surface area contributed by atoms with E-state index in [0.717, 1.165) is 32.0 Å². The van der Waals surface area contributed by atoms with Gasteiger partial charge in [0.2, 0.25) is 5.91 Å². The van der Waals surface area contributed by atoms with E-state index in [0.29, 0.717) is 12.3 Å². The Morgan fingerprint density at radius 1 is 1.39 bits per heavy atom. The van der Waals surface area contributed by atoms with Crippen molar-refractivity contribution in [3.8, 4) is 0 Å². The van der Waals surface area contributed by atoms with Crippen molar-refractivity contribution >= 4 is 5.91 Å². The van der Waals surface area contributed by atoms with Crippen LogP contribution in [-0.4, -0.2) is 38.7 Å². The molecule has 0 N–H and O–H groups in total. The van der Waals surface area contributed by atoms with E-state index in [2.05, 4.69) is 17.0 Å². The minimum Gasteiger partial charge on any atom is -0.343 e. The maximum Gasteiger partial charge on any atom is 0.222 e. The number of carbonyl (C=O) groups is 1. The number of piperidine rings is 1. The number of amides is 1. The third kappa shape index (κ3) is 3.55. The van der Waals surface area contributed by atoms with Crippen molar-refractivity contribution in [2.24, 2.45) is 5.92 Å². The van der Waals surface area contributed by atoms with Crippen LogP contribution in [0.15, 0.2) is 12.7 Å². The minimum absolute atomic E-state index is 0.296. The molecule has 1 aliphatic heterocycles. The molecule has 5 nitrogen and oxygen atoms in total. The molecule has 0 bridgehead atoms. The molecule has 18 heavy (non-hydrogen) atoms. The first-order chi connectivity index (χ1) is 8.79. The molecule has 1 amide bonds. The van der Waals surface area contributed by atoms with E-state index in [4.69, 9.17) is 0 Å². The van der Waals surface area contributed by atoms with Crippen LogP contribution < -0.4 is 0 Å². The second-order valence-electron chi connectivity index (χ2n) is 4.99. The van der Waals surface area contributed by atoms with Gasteiger partial charge in [0.15, 0.2) is 0 Å². The fourth-order valence-electron chi connectivity index (χ4n) is 2.49. The fraction of sp³-hybridized carbons (Fsp3) is 0.769. The lowest BCUT2D eigenvalue weighted by Crippen LogP contribution is -2.38. The van der Waals surface area contributed by atoms with Crippen LogP contribution in [-0.2, 0) is 11.3 Å². The largest absolute Gasteiger partial charge is 0.343 e. The van der Waals surface area contributed by atoms with Crippen molar-refractivity contribution in [1.29, 1.82) is 0 Å². The van der Waals surface area contributed by atoms with Gasteiger partial charge >= 0.3 is 0 Å². The normalized spacial score (nSPS) is 17.1. The fourth-order valence-corrected chi connectivity index (χ4v) is 2.49. The van der Waals surface area contributed by atoms with Crippen molar-refractivity contribution in [3.05, 3.63) is 12.7 Å². The SMILES string of the molecule is CCC1CCN(C(=O)CCCn2cncn2)CC1. The zero-order chi connectivity index (χ0) is 12.8. The molecule has 1 aromatic heterocycles. The molecular formula is C13H22N4O. The maximum absolute atomic E-state index is 12.0. The van der Waals surface area contributed by atoms with Crippen LogP contribution in [0.1, 0.15) is 39.0 Å². The van der Waals surface area contributed by atoms with Gasteiger partial charge in [0, 0.05) is 26.1 Å². The Kier molecular flexibility index (Phi) is 4.73. The molecule has 100 valence electrons. The third-order valence-electron chi connectivity index (χ3n) is 3.79. The number of likely N-dealkylation sites (tertiary alicyclic amines) is 1. The van der Waals surface area contributed by atoms with E-state index < -0.39 is 0 Å². The molecule has 1 fully saturated rings. The van der Waals surface area contributed by atoms with Crippen molar-refractivity contribution in [3.63, 3.8) is 0 Å². The summed E-state index contributed by atoms with van der Waals surface area (Å²) in [4.78, 5) is 17.9. The van der Waals surface area contributed by atoms with Crippen LogP contribution in [0.5, 0.6) is 0 Å². The summed E-state index contributed by atoms with van der Waals surface area (Å²) < 4.78 is 1.77. The number of nitrogens with zero attached hydrogens (tertiary/aromatic N) is 4. The summed E-state index contributed by atoms with van der Waals surface area (Å²) >= 11 is 0. The van der Waals surface area contributed by atoms with E-state index in [9.17, 15) is 4.79 Å². The molecule has 1 aliphatic rings. The predicted octanol–water partition coefficient (Wildman–Crippen LogP) is 1.71. The Morgan fingerprint density at radius 3 is 2.78 bits per heavy atom. The molecule has 0 atom stereocenters. The smallest absolute Gasteiger partial charge is 0.222 e. The number of aryl methyl sites for hydroxylation is 1. The van der Waals surface area contributed by atoms with Gasteiger partial charge in [-0.25, -0.2) is 4.98 Å². The molecule has 0 radical (unpaired) electrons. The molecular weight excluding hydrogens is 228 g/mol. The van der Waals surface area contributed by atoms with Gasteiger partial charge in [0.05, 0.1) is 0 Å². The average Bonchev–Trinajstić information content (AvgIpc) is 2.92. The quantitative estimate of drug-likeness (QED) is 0.799. The number of hydrogen-bond donors (Lipinski definition) is 0. The summed E-state index contributed by atoms with van der Waals surface area (Å²) in [6.07, 6.45) is 8.27. The molecule has 0 aliphatic carbocycles. The Hall–Kier alpha value is -1.39. The second kappa shape index (κ2) is 6.52.